The van der Waals surface area contributed by atoms with Gasteiger partial charge in [0.15, 0.2) is 0 Å². The first-order chi connectivity index (χ1) is 9.25. The maximum atomic E-state index is 4.43. The third-order valence-electron chi connectivity index (χ3n) is 2.46. The van der Waals surface area contributed by atoms with Gasteiger partial charge in [0.25, 0.3) is 0 Å². The minimum Gasteiger partial charge on any atom is -0.312 e. The maximum Gasteiger partial charge on any atom is 0.121 e. The van der Waals surface area contributed by atoms with Crippen LogP contribution in [0.3, 0.4) is 0 Å². The molecule has 2 aromatic heterocycles. The van der Waals surface area contributed by atoms with Crippen LogP contribution in [-0.4, -0.2) is 21.5 Å². The lowest BCUT2D eigenvalue weighted by Gasteiger charge is -2.10. The topological polar surface area (TPSA) is 50.7 Å². The summed E-state index contributed by atoms with van der Waals surface area (Å²) in [5.74, 6) is 0.646. The van der Waals surface area contributed by atoms with Gasteiger partial charge in [-0.1, -0.05) is 19.9 Å². The quantitative estimate of drug-likeness (QED) is 0.877. The van der Waals surface area contributed by atoms with Crippen LogP contribution in [0, 0.1) is 5.92 Å². The van der Waals surface area contributed by atoms with Gasteiger partial charge in [-0.05, 0) is 35.9 Å². The van der Waals surface area contributed by atoms with Gasteiger partial charge in [-0.3, -0.25) is 4.98 Å². The zero-order valence-corrected chi connectivity index (χ0v) is 12.0. The molecule has 4 nitrogen and oxygen atoms in total. The Morgan fingerprint density at radius 2 is 2.11 bits per heavy atom. The van der Waals surface area contributed by atoms with E-state index in [-0.39, 0.29) is 0 Å². The lowest BCUT2D eigenvalue weighted by atomic mass is 10.2. The molecule has 0 spiro atoms. The molecule has 0 unspecified atom stereocenters. The van der Waals surface area contributed by atoms with Crippen molar-refractivity contribution < 1.29 is 0 Å². The van der Waals surface area contributed by atoms with Crippen molar-refractivity contribution in [2.45, 2.75) is 30.4 Å². The smallest absolute Gasteiger partial charge is 0.121 e. The van der Waals surface area contributed by atoms with Gasteiger partial charge in [0.1, 0.15) is 10.1 Å². The molecule has 1 N–H and O–H groups in total. The minimum atomic E-state index is 0.646. The van der Waals surface area contributed by atoms with Crippen LogP contribution in [0.25, 0.3) is 0 Å². The van der Waals surface area contributed by atoms with E-state index in [1.807, 2.05) is 12.3 Å². The maximum absolute atomic E-state index is 4.43. The van der Waals surface area contributed by atoms with Crippen LogP contribution in [0.5, 0.6) is 0 Å². The first-order valence-electron chi connectivity index (χ1n) is 6.34. The van der Waals surface area contributed by atoms with Crippen molar-refractivity contribution in [1.82, 2.24) is 20.3 Å². The molecule has 0 bridgehead atoms. The summed E-state index contributed by atoms with van der Waals surface area (Å²) in [6.07, 6.45) is 6.94. The average molecular weight is 274 g/mol. The third kappa shape index (κ3) is 4.61. The number of nitrogens with one attached hydrogen (secondary N) is 1. The molecule has 0 atom stereocenters. The van der Waals surface area contributed by atoms with Crippen molar-refractivity contribution in [3.8, 4) is 0 Å². The number of nitrogens with zero attached hydrogens (tertiary/aromatic N) is 3. The first-order valence-corrected chi connectivity index (χ1v) is 7.16. The largest absolute Gasteiger partial charge is 0.312 e. The van der Waals surface area contributed by atoms with Crippen molar-refractivity contribution in [2.24, 2.45) is 5.92 Å². The highest BCUT2D eigenvalue weighted by Crippen LogP contribution is 2.26. The van der Waals surface area contributed by atoms with E-state index in [2.05, 4.69) is 40.2 Å². The second kappa shape index (κ2) is 7.21. The number of hydrogen-bond donors (Lipinski definition) is 1. The SMILES string of the molecule is CC(C)CNCc1cccnc1Sc1cnccn1. The number of pyridine rings is 1. The average Bonchev–Trinajstić information content (AvgIpc) is 2.41. The summed E-state index contributed by atoms with van der Waals surface area (Å²) >= 11 is 1.55. The summed E-state index contributed by atoms with van der Waals surface area (Å²) in [5.41, 5.74) is 1.19. The van der Waals surface area contributed by atoms with Crippen LogP contribution in [0.1, 0.15) is 19.4 Å². The van der Waals surface area contributed by atoms with Gasteiger partial charge >= 0.3 is 0 Å². The fourth-order valence-corrected chi connectivity index (χ4v) is 2.39. The molecule has 0 radical (unpaired) electrons. The molecule has 100 valence electrons. The predicted molar refractivity (Wildman–Crippen MR) is 76.9 cm³/mol. The van der Waals surface area contributed by atoms with Gasteiger partial charge in [-0.25, -0.2) is 9.97 Å². The molecule has 2 aromatic rings. The van der Waals surface area contributed by atoms with Crippen LogP contribution < -0.4 is 5.32 Å². The van der Waals surface area contributed by atoms with Crippen LogP contribution in [0.4, 0.5) is 0 Å². The van der Waals surface area contributed by atoms with E-state index in [0.717, 1.165) is 23.1 Å². The van der Waals surface area contributed by atoms with Gasteiger partial charge in [-0.2, -0.15) is 0 Å². The van der Waals surface area contributed by atoms with E-state index in [1.165, 1.54) is 5.56 Å². The molecule has 0 aliphatic carbocycles. The van der Waals surface area contributed by atoms with Crippen LogP contribution >= 0.6 is 11.8 Å². The molecule has 2 heterocycles. The fourth-order valence-electron chi connectivity index (χ4n) is 1.58. The zero-order chi connectivity index (χ0) is 13.5. The van der Waals surface area contributed by atoms with E-state index in [0.29, 0.717) is 5.92 Å². The van der Waals surface area contributed by atoms with Gasteiger partial charge in [0, 0.05) is 25.1 Å². The second-order valence-electron chi connectivity index (χ2n) is 4.64. The first kappa shape index (κ1) is 14.0. The molecule has 0 fully saturated rings. The molecular weight excluding hydrogens is 256 g/mol. The summed E-state index contributed by atoms with van der Waals surface area (Å²) < 4.78 is 0. The van der Waals surface area contributed by atoms with Gasteiger partial charge < -0.3 is 5.32 Å². The van der Waals surface area contributed by atoms with Crippen LogP contribution in [-0.2, 0) is 6.54 Å². The van der Waals surface area contributed by atoms with Crippen molar-refractivity contribution in [1.29, 1.82) is 0 Å². The van der Waals surface area contributed by atoms with Gasteiger partial charge in [-0.15, -0.1) is 0 Å². The summed E-state index contributed by atoms with van der Waals surface area (Å²) in [6.45, 7) is 6.23. The Kier molecular flexibility index (Phi) is 5.30. The highest BCUT2D eigenvalue weighted by atomic mass is 32.2. The van der Waals surface area contributed by atoms with Gasteiger partial charge in [0.2, 0.25) is 0 Å². The normalized spacial score (nSPS) is 10.9. The molecule has 0 aromatic carbocycles. The Morgan fingerprint density at radius 1 is 1.21 bits per heavy atom. The lowest BCUT2D eigenvalue weighted by Crippen LogP contribution is -2.19. The van der Waals surface area contributed by atoms with Crippen molar-refractivity contribution >= 4 is 11.8 Å². The Morgan fingerprint density at radius 3 is 2.84 bits per heavy atom. The van der Waals surface area contributed by atoms with Crippen molar-refractivity contribution in [3.63, 3.8) is 0 Å². The molecular formula is C14H18N4S. The van der Waals surface area contributed by atoms with E-state index in [4.69, 9.17) is 0 Å². The second-order valence-corrected chi connectivity index (χ2v) is 5.65. The Hall–Kier alpha value is -1.46. The van der Waals surface area contributed by atoms with E-state index in [9.17, 15) is 0 Å². The van der Waals surface area contributed by atoms with E-state index < -0.39 is 0 Å². The van der Waals surface area contributed by atoms with Crippen LogP contribution in [0.15, 0.2) is 47.0 Å². The highest BCUT2D eigenvalue weighted by molar-refractivity contribution is 7.99. The lowest BCUT2D eigenvalue weighted by molar-refractivity contribution is 0.549. The molecule has 2 rings (SSSR count). The molecule has 0 amide bonds. The van der Waals surface area contributed by atoms with E-state index in [1.54, 1.807) is 30.4 Å². The summed E-state index contributed by atoms with van der Waals surface area (Å²) in [4.78, 5) is 12.8. The summed E-state index contributed by atoms with van der Waals surface area (Å²) in [6, 6.07) is 4.06. The zero-order valence-electron chi connectivity index (χ0n) is 11.2. The number of aromatic nitrogens is 3. The highest BCUT2D eigenvalue weighted by Gasteiger charge is 2.06. The molecule has 0 saturated carbocycles. The molecule has 0 saturated heterocycles. The molecule has 0 aliphatic rings. The number of hydrogen-bond acceptors (Lipinski definition) is 5. The molecule has 19 heavy (non-hydrogen) atoms. The van der Waals surface area contributed by atoms with E-state index >= 15 is 0 Å². The summed E-state index contributed by atoms with van der Waals surface area (Å²) in [7, 11) is 0. The van der Waals surface area contributed by atoms with Crippen molar-refractivity contribution in [2.75, 3.05) is 6.54 Å². The van der Waals surface area contributed by atoms with Crippen LogP contribution in [0.2, 0.25) is 0 Å². The third-order valence-corrected chi connectivity index (χ3v) is 3.44. The monoisotopic (exact) mass is 274 g/mol. The van der Waals surface area contributed by atoms with Crippen molar-refractivity contribution in [3.05, 3.63) is 42.5 Å². The predicted octanol–water partition coefficient (Wildman–Crippen LogP) is 2.77. The standard InChI is InChI=1S/C14H18N4S/c1-11(2)8-16-9-12-4-3-5-18-14(12)19-13-10-15-6-7-17-13/h3-7,10-11,16H,8-9H2,1-2H3. The fraction of sp³-hybridized carbons (Fsp3) is 0.357. The molecule has 5 heteroatoms. The Balaban J connectivity index is 2.04. The number of rotatable bonds is 6. The Labute approximate surface area is 118 Å². The van der Waals surface area contributed by atoms with Gasteiger partial charge in [0.05, 0.1) is 6.20 Å². The molecule has 0 aliphatic heterocycles. The Bertz CT molecular complexity index is 502. The minimum absolute atomic E-state index is 0.646. The summed E-state index contributed by atoms with van der Waals surface area (Å²) in [5, 5.41) is 5.29.